The van der Waals surface area contributed by atoms with Gasteiger partial charge in [-0.1, -0.05) is 40.0 Å². The number of Topliss-reactive ketones (excluding diaryl/α,β-unsaturated/α-hetero) is 2. The summed E-state index contributed by atoms with van der Waals surface area (Å²) in [6.45, 7) is 6.05. The number of carboxylic acid groups (broad SMARTS) is 2. The minimum Gasteiger partial charge on any atom is -0.481 e. The normalized spacial score (nSPS) is 16.4. The van der Waals surface area contributed by atoms with Crippen molar-refractivity contribution in [2.45, 2.75) is 122 Å². The van der Waals surface area contributed by atoms with Gasteiger partial charge >= 0.3 is 11.9 Å². The molecule has 0 rings (SSSR count). The molecule has 0 bridgehead atoms. The number of ketones is 2. The molecule has 45 heavy (non-hydrogen) atoms. The molecule has 0 aromatic rings. The van der Waals surface area contributed by atoms with Gasteiger partial charge in [0.15, 0.2) is 5.78 Å². The summed E-state index contributed by atoms with van der Waals surface area (Å²) in [4.78, 5) is 73.5. The number of unbranched alkanes of at least 4 members (excludes halogenated alkanes) is 2. The van der Waals surface area contributed by atoms with Crippen molar-refractivity contribution in [3.8, 4) is 0 Å². The molecule has 2 amide bonds. The van der Waals surface area contributed by atoms with Gasteiger partial charge < -0.3 is 51.2 Å². The highest BCUT2D eigenvalue weighted by Gasteiger charge is 2.32. The zero-order valence-corrected chi connectivity index (χ0v) is 26.6. The Morgan fingerprint density at radius 3 is 1.87 bits per heavy atom. The van der Waals surface area contributed by atoms with Gasteiger partial charge in [-0.15, -0.1) is 0 Å². The third kappa shape index (κ3) is 18.6. The van der Waals surface area contributed by atoms with Crippen LogP contribution in [-0.4, -0.2) is 115 Å². The van der Waals surface area contributed by atoms with Gasteiger partial charge in [-0.05, 0) is 31.6 Å². The third-order valence-corrected chi connectivity index (χ3v) is 7.32. The van der Waals surface area contributed by atoms with Crippen molar-refractivity contribution >= 4 is 35.3 Å². The lowest BCUT2D eigenvalue weighted by Gasteiger charge is -2.25. The summed E-state index contributed by atoms with van der Waals surface area (Å²) in [7, 11) is 0. The summed E-state index contributed by atoms with van der Waals surface area (Å²) in [5.74, 6) is -7.64. The van der Waals surface area contributed by atoms with Gasteiger partial charge in [0.05, 0.1) is 31.1 Å². The molecule has 0 aliphatic heterocycles. The molecule has 15 nitrogen and oxygen atoms in total. The Balaban J connectivity index is 5.29. The molecular weight excluding hydrogens is 596 g/mol. The van der Waals surface area contributed by atoms with Crippen LogP contribution < -0.4 is 10.6 Å². The molecule has 0 aliphatic rings. The number of hydrogen-bond acceptors (Lipinski definition) is 11. The van der Waals surface area contributed by atoms with Crippen LogP contribution in [0.25, 0.3) is 0 Å². The summed E-state index contributed by atoms with van der Waals surface area (Å²) in [6, 6.07) is -1.56. The average Bonchev–Trinajstić information content (AvgIpc) is 2.94. The largest absolute Gasteiger partial charge is 0.481 e. The van der Waals surface area contributed by atoms with Crippen LogP contribution in [0.5, 0.6) is 0 Å². The Kier molecular flexibility index (Phi) is 19.5. The van der Waals surface area contributed by atoms with E-state index in [1.165, 1.54) is 6.92 Å². The van der Waals surface area contributed by atoms with Gasteiger partial charge in [0.1, 0.15) is 24.1 Å². The van der Waals surface area contributed by atoms with Crippen LogP contribution in [0.15, 0.2) is 0 Å². The molecule has 0 saturated heterocycles. The van der Waals surface area contributed by atoms with Crippen molar-refractivity contribution < 1.29 is 64.5 Å². The summed E-state index contributed by atoms with van der Waals surface area (Å²) in [6.07, 6.45) is -6.11. The Labute approximate surface area is 263 Å². The van der Waals surface area contributed by atoms with Crippen LogP contribution in [0.1, 0.15) is 91.9 Å². The van der Waals surface area contributed by atoms with E-state index in [4.69, 9.17) is 5.11 Å². The second-order valence-electron chi connectivity index (χ2n) is 12.8. The van der Waals surface area contributed by atoms with Gasteiger partial charge in [0.2, 0.25) is 11.8 Å². The van der Waals surface area contributed by atoms with E-state index in [1.54, 1.807) is 0 Å². The maximum atomic E-state index is 13.1. The van der Waals surface area contributed by atoms with E-state index in [0.29, 0.717) is 6.42 Å². The van der Waals surface area contributed by atoms with Crippen molar-refractivity contribution in [1.82, 2.24) is 10.6 Å². The number of nitrogens with one attached hydrogen (secondary N) is 2. The van der Waals surface area contributed by atoms with Crippen LogP contribution in [0.3, 0.4) is 0 Å². The molecule has 0 aliphatic carbocycles. The third-order valence-electron chi connectivity index (χ3n) is 7.32. The number of amides is 2. The molecule has 9 N–H and O–H groups in total. The topological polar surface area (TPSA) is 268 Å². The van der Waals surface area contributed by atoms with Crippen LogP contribution >= 0.6 is 0 Å². The van der Waals surface area contributed by atoms with Crippen LogP contribution in [0, 0.1) is 17.3 Å². The Bertz CT molecular complexity index is 981. The first kappa shape index (κ1) is 42.0. The number of rotatable bonds is 24. The number of aliphatic carboxylic acids is 2. The zero-order valence-electron chi connectivity index (χ0n) is 26.6. The summed E-state index contributed by atoms with van der Waals surface area (Å²) < 4.78 is 0. The highest BCUT2D eigenvalue weighted by molar-refractivity contribution is 5.95. The lowest BCUT2D eigenvalue weighted by atomic mass is 9.88. The van der Waals surface area contributed by atoms with Crippen molar-refractivity contribution in [3.63, 3.8) is 0 Å². The van der Waals surface area contributed by atoms with E-state index >= 15 is 0 Å². The lowest BCUT2D eigenvalue weighted by Crippen LogP contribution is -2.49. The first-order valence-corrected chi connectivity index (χ1v) is 15.2. The minimum atomic E-state index is -1.90. The highest BCUT2D eigenvalue weighted by Crippen LogP contribution is 2.24. The summed E-state index contributed by atoms with van der Waals surface area (Å²) >= 11 is 0. The van der Waals surface area contributed by atoms with Gasteiger partial charge in [-0.3, -0.25) is 24.0 Å². The second kappa shape index (κ2) is 20.9. The van der Waals surface area contributed by atoms with E-state index in [-0.39, 0.29) is 31.1 Å². The van der Waals surface area contributed by atoms with Crippen LogP contribution in [-0.2, 0) is 28.8 Å². The molecule has 7 atom stereocenters. The van der Waals surface area contributed by atoms with Crippen molar-refractivity contribution in [1.29, 1.82) is 0 Å². The van der Waals surface area contributed by atoms with Crippen LogP contribution in [0.4, 0.5) is 0 Å². The quantitative estimate of drug-likeness (QED) is 0.0600. The number of carbonyl (C=O) groups excluding carboxylic acids is 4. The van der Waals surface area contributed by atoms with Crippen molar-refractivity contribution in [2.75, 3.05) is 13.2 Å². The fourth-order valence-corrected chi connectivity index (χ4v) is 4.60. The molecule has 0 radical (unpaired) electrons. The van der Waals surface area contributed by atoms with E-state index < -0.39 is 104 Å². The number of carboxylic acids is 2. The molecule has 0 saturated carbocycles. The minimum absolute atomic E-state index is 0.136. The van der Waals surface area contributed by atoms with Gasteiger partial charge in [-0.25, -0.2) is 0 Å². The second-order valence-corrected chi connectivity index (χ2v) is 12.8. The van der Waals surface area contributed by atoms with E-state index in [2.05, 4.69) is 31.4 Å². The predicted molar refractivity (Wildman–Crippen MR) is 160 cm³/mol. The molecule has 0 unspecified atom stereocenters. The number of carbonyl (C=O) groups is 6. The lowest BCUT2D eigenvalue weighted by molar-refractivity contribution is -0.145. The zero-order chi connectivity index (χ0) is 34.9. The molecule has 260 valence electrons. The number of aliphatic hydroxyl groups excluding tert-OH is 5. The maximum Gasteiger partial charge on any atom is 0.306 e. The fourth-order valence-electron chi connectivity index (χ4n) is 4.60. The Morgan fingerprint density at radius 1 is 0.756 bits per heavy atom. The molecular formula is C30H52N2O13. The van der Waals surface area contributed by atoms with Crippen LogP contribution in [0.2, 0.25) is 0 Å². The molecule has 15 heteroatoms. The molecule has 0 heterocycles. The van der Waals surface area contributed by atoms with E-state index in [0.717, 1.165) is 19.3 Å². The van der Waals surface area contributed by atoms with E-state index in [1.807, 2.05) is 0 Å². The summed E-state index contributed by atoms with van der Waals surface area (Å²) in [5, 5.41) is 71.2. The van der Waals surface area contributed by atoms with E-state index in [9.17, 15) is 59.4 Å². The average molecular weight is 649 g/mol. The SMILES string of the molecule is CC(=O)C[C@@H](CCC(=O)NC[C@H](O)[C@@H](O)[C@H](O)[C@H](O)CO)C(=O)N[C@@H](CC(=O)O)C(=O)C[C@@H](CCCCCC(C)(C)C)C(=O)O. The smallest absolute Gasteiger partial charge is 0.306 e. The standard InChI is InChI=1S/C30H52N2O13/c1-17(34)12-18(9-10-24(38)31-15-22(36)26(41)27(42)23(37)16-33)28(43)32-20(14-25(39)40)21(35)13-19(29(44)45)8-6-5-7-11-30(2,3)4/h18-20,22-23,26-27,33,36-37,41-42H,5-16H2,1-4H3,(H,31,38)(H,32,43)(H,39,40)(H,44,45)/t18-,19-,20+,22+,23-,26-,27-/m1/s1. The summed E-state index contributed by atoms with van der Waals surface area (Å²) in [5.41, 5.74) is 0.136. The number of aliphatic hydroxyl groups is 5. The molecule has 0 aromatic heterocycles. The predicted octanol–water partition coefficient (Wildman–Crippen LogP) is -0.470. The van der Waals surface area contributed by atoms with Crippen molar-refractivity contribution in [3.05, 3.63) is 0 Å². The van der Waals surface area contributed by atoms with Gasteiger partial charge in [-0.2, -0.15) is 0 Å². The van der Waals surface area contributed by atoms with Crippen molar-refractivity contribution in [2.24, 2.45) is 17.3 Å². The first-order valence-electron chi connectivity index (χ1n) is 15.2. The van der Waals surface area contributed by atoms with Gasteiger partial charge in [0, 0.05) is 31.7 Å². The Hall–Kier alpha value is -2.98. The maximum absolute atomic E-state index is 13.1. The highest BCUT2D eigenvalue weighted by atomic mass is 16.4. The fraction of sp³-hybridized carbons (Fsp3) is 0.800. The Morgan fingerprint density at radius 2 is 1.36 bits per heavy atom. The monoisotopic (exact) mass is 648 g/mol. The van der Waals surface area contributed by atoms with Gasteiger partial charge in [0.25, 0.3) is 0 Å². The first-order chi connectivity index (χ1) is 20.8. The molecule has 0 spiro atoms. The number of hydrogen-bond donors (Lipinski definition) is 9. The molecule has 0 aromatic carbocycles. The molecule has 0 fully saturated rings.